The molecule has 0 amide bonds. The average Bonchev–Trinajstić information content (AvgIpc) is 2.01. The lowest BCUT2D eigenvalue weighted by Crippen LogP contribution is -2.02. The van der Waals surface area contributed by atoms with Crippen molar-refractivity contribution in [2.45, 2.75) is 31.7 Å². The largest absolute Gasteiger partial charge is 0.103 e. The number of hydrogen-bond donors (Lipinski definition) is 0. The van der Waals surface area contributed by atoms with E-state index in [4.69, 9.17) is 0 Å². The van der Waals surface area contributed by atoms with Crippen molar-refractivity contribution in [1.29, 1.82) is 0 Å². The van der Waals surface area contributed by atoms with Crippen molar-refractivity contribution in [2.75, 3.05) is 0 Å². The van der Waals surface area contributed by atoms with E-state index in [1.54, 1.807) is 0 Å². The Kier molecular flexibility index (Phi) is 7.59. The van der Waals surface area contributed by atoms with Gasteiger partial charge in [0.25, 0.3) is 0 Å². The van der Waals surface area contributed by atoms with Gasteiger partial charge in [0.1, 0.15) is 0 Å². The normalized spacial score (nSPS) is 11.1. The molecule has 0 aromatic rings. The summed E-state index contributed by atoms with van der Waals surface area (Å²) >= 11 is 0. The summed E-state index contributed by atoms with van der Waals surface area (Å²) in [6.45, 7) is 9.74. The van der Waals surface area contributed by atoms with E-state index in [0.29, 0.717) is 0 Å². The Morgan fingerprint density at radius 1 is 1.27 bits per heavy atom. The Bertz CT molecular complexity index is 97.4. The predicted octanol–water partition coefficient (Wildman–Crippen LogP) is 2.67. The van der Waals surface area contributed by atoms with Gasteiger partial charge in [0, 0.05) is 9.52 Å². The van der Waals surface area contributed by atoms with E-state index in [0.717, 1.165) is 5.54 Å². The highest BCUT2D eigenvalue weighted by Gasteiger charge is 2.03. The van der Waals surface area contributed by atoms with Gasteiger partial charge in [-0.3, -0.25) is 0 Å². The first-order chi connectivity index (χ1) is 5.35. The van der Waals surface area contributed by atoms with Crippen LogP contribution in [0.15, 0.2) is 25.3 Å². The van der Waals surface area contributed by atoms with Crippen molar-refractivity contribution in [3.05, 3.63) is 31.4 Å². The zero-order valence-corrected chi connectivity index (χ0v) is 8.97. The molecule has 0 fully saturated rings. The maximum atomic E-state index is 3.76. The summed E-state index contributed by atoms with van der Waals surface area (Å²) in [5.74, 6) is 0. The summed E-state index contributed by atoms with van der Waals surface area (Å²) in [5, 5.41) is 0. The van der Waals surface area contributed by atoms with Crippen LogP contribution in [0.3, 0.4) is 0 Å². The second kappa shape index (κ2) is 7.80. The van der Waals surface area contributed by atoms with Crippen molar-refractivity contribution in [3.63, 3.8) is 0 Å². The van der Waals surface area contributed by atoms with Crippen LogP contribution in [0.5, 0.6) is 0 Å². The highest BCUT2D eigenvalue weighted by Crippen LogP contribution is 2.16. The molecule has 1 radical (unpaired) electrons. The summed E-state index contributed by atoms with van der Waals surface area (Å²) < 4.78 is 0. The van der Waals surface area contributed by atoms with Crippen molar-refractivity contribution in [1.82, 2.24) is 0 Å². The SMILES string of the molecule is C=CCC(CC=C)[SiH2][CH]CC. The van der Waals surface area contributed by atoms with E-state index in [-0.39, 0.29) is 9.52 Å². The smallest absolute Gasteiger partial charge is 0.0271 e. The fourth-order valence-electron chi connectivity index (χ4n) is 1.16. The Labute approximate surface area is 73.2 Å². The van der Waals surface area contributed by atoms with Crippen LogP contribution in [0.4, 0.5) is 0 Å². The van der Waals surface area contributed by atoms with E-state index in [1.807, 2.05) is 12.2 Å². The van der Waals surface area contributed by atoms with Gasteiger partial charge >= 0.3 is 0 Å². The average molecular weight is 167 g/mol. The second-order valence-corrected chi connectivity index (χ2v) is 5.05. The molecule has 0 saturated heterocycles. The molecule has 0 aliphatic rings. The Morgan fingerprint density at radius 3 is 2.18 bits per heavy atom. The topological polar surface area (TPSA) is 0 Å². The molecular formula is C10H19Si. The van der Waals surface area contributed by atoms with Gasteiger partial charge in [-0.25, -0.2) is 0 Å². The van der Waals surface area contributed by atoms with E-state index < -0.39 is 0 Å². The third-order valence-corrected chi connectivity index (χ3v) is 4.03. The number of hydrogen-bond acceptors (Lipinski definition) is 0. The molecule has 0 nitrogen and oxygen atoms in total. The standard InChI is InChI=1S/C10H19Si/c1-4-7-10(8-5-2)11-9-6-3/h4-5,9-10H,1-2,6-8,11H2,3H3. The van der Waals surface area contributed by atoms with Crippen LogP contribution in [0.25, 0.3) is 0 Å². The van der Waals surface area contributed by atoms with Crippen molar-refractivity contribution >= 4 is 9.52 Å². The van der Waals surface area contributed by atoms with Crippen molar-refractivity contribution in [2.24, 2.45) is 0 Å². The van der Waals surface area contributed by atoms with Crippen LogP contribution in [0.2, 0.25) is 5.54 Å². The minimum atomic E-state index is 0.0358. The molecule has 0 aliphatic heterocycles. The van der Waals surface area contributed by atoms with Gasteiger partial charge in [0.05, 0.1) is 0 Å². The van der Waals surface area contributed by atoms with Gasteiger partial charge < -0.3 is 0 Å². The molecule has 11 heavy (non-hydrogen) atoms. The van der Waals surface area contributed by atoms with Gasteiger partial charge in [-0.1, -0.05) is 31.5 Å². The van der Waals surface area contributed by atoms with Gasteiger partial charge in [0.2, 0.25) is 0 Å². The maximum Gasteiger partial charge on any atom is 0.0271 e. The summed E-state index contributed by atoms with van der Waals surface area (Å²) in [7, 11) is 0.0358. The monoisotopic (exact) mass is 167 g/mol. The summed E-state index contributed by atoms with van der Waals surface area (Å²) in [4.78, 5) is 0. The minimum absolute atomic E-state index is 0.0358. The lowest BCUT2D eigenvalue weighted by Gasteiger charge is -2.09. The molecule has 0 heterocycles. The predicted molar refractivity (Wildman–Crippen MR) is 56.5 cm³/mol. The van der Waals surface area contributed by atoms with Crippen LogP contribution in [-0.4, -0.2) is 9.52 Å². The molecule has 0 rings (SSSR count). The second-order valence-electron chi connectivity index (χ2n) is 2.85. The molecule has 0 bridgehead atoms. The summed E-state index contributed by atoms with van der Waals surface area (Å²) in [6.07, 6.45) is 7.65. The third kappa shape index (κ3) is 6.11. The molecule has 0 aromatic carbocycles. The summed E-state index contributed by atoms with van der Waals surface area (Å²) in [6, 6.07) is 2.47. The van der Waals surface area contributed by atoms with Crippen LogP contribution in [0, 0.1) is 6.04 Å². The minimum Gasteiger partial charge on any atom is -0.103 e. The highest BCUT2D eigenvalue weighted by atomic mass is 28.2. The molecule has 0 atom stereocenters. The first-order valence-electron chi connectivity index (χ1n) is 4.38. The zero-order valence-electron chi connectivity index (χ0n) is 7.55. The Morgan fingerprint density at radius 2 is 1.82 bits per heavy atom. The molecule has 0 saturated carbocycles. The number of allylic oxidation sites excluding steroid dienone is 2. The van der Waals surface area contributed by atoms with E-state index in [1.165, 1.54) is 19.3 Å². The maximum absolute atomic E-state index is 3.76. The molecule has 63 valence electrons. The molecule has 0 aliphatic carbocycles. The van der Waals surface area contributed by atoms with Gasteiger partial charge in [-0.15, -0.1) is 13.2 Å². The van der Waals surface area contributed by atoms with Gasteiger partial charge in [-0.05, 0) is 18.4 Å². The van der Waals surface area contributed by atoms with Crippen LogP contribution in [-0.2, 0) is 0 Å². The van der Waals surface area contributed by atoms with E-state index in [9.17, 15) is 0 Å². The highest BCUT2D eigenvalue weighted by molar-refractivity contribution is 6.42. The molecule has 0 unspecified atom stereocenters. The van der Waals surface area contributed by atoms with E-state index >= 15 is 0 Å². The molecular weight excluding hydrogens is 148 g/mol. The fourth-order valence-corrected chi connectivity index (χ4v) is 2.82. The molecule has 0 aromatic heterocycles. The first-order valence-corrected chi connectivity index (χ1v) is 6.01. The zero-order chi connectivity index (χ0) is 8.53. The van der Waals surface area contributed by atoms with Gasteiger partial charge in [-0.2, -0.15) is 0 Å². The van der Waals surface area contributed by atoms with Crippen LogP contribution in [0.1, 0.15) is 26.2 Å². The Hall–Kier alpha value is -0.303. The van der Waals surface area contributed by atoms with Crippen LogP contribution < -0.4 is 0 Å². The fraction of sp³-hybridized carbons (Fsp3) is 0.500. The number of rotatable bonds is 7. The summed E-state index contributed by atoms with van der Waals surface area (Å²) in [5.41, 5.74) is 0.880. The lowest BCUT2D eigenvalue weighted by atomic mass is 10.2. The third-order valence-electron chi connectivity index (χ3n) is 1.79. The Balaban J connectivity index is 3.49. The first kappa shape index (κ1) is 10.7. The quantitative estimate of drug-likeness (QED) is 0.404. The van der Waals surface area contributed by atoms with Gasteiger partial charge in [0.15, 0.2) is 0 Å². The van der Waals surface area contributed by atoms with Crippen LogP contribution >= 0.6 is 0 Å². The molecule has 0 spiro atoms. The molecule has 0 N–H and O–H groups in total. The van der Waals surface area contributed by atoms with Crippen molar-refractivity contribution in [3.8, 4) is 0 Å². The lowest BCUT2D eigenvalue weighted by molar-refractivity contribution is 0.852. The molecule has 1 heteroatoms. The van der Waals surface area contributed by atoms with Crippen molar-refractivity contribution < 1.29 is 0 Å². The van der Waals surface area contributed by atoms with E-state index in [2.05, 4.69) is 26.1 Å².